The second-order valence-corrected chi connectivity index (χ2v) is 6.18. The molecule has 2 heterocycles. The predicted octanol–water partition coefficient (Wildman–Crippen LogP) is 3.44. The lowest BCUT2D eigenvalue weighted by Crippen LogP contribution is -2.37. The third-order valence-corrected chi connectivity index (χ3v) is 4.36. The van der Waals surface area contributed by atoms with E-state index in [-0.39, 0.29) is 24.0 Å². The standard InChI is InChI=1S/C19H26N6.HI/c1-20-19(22-12-8-16-6-3-2-4-7-16)23-15-17-9-11-21-18(14-17)25-13-5-10-24-25;/h5-6,9-11,13-14H,2-4,7-8,12,15H2,1H3,(H2,20,22,23);1H. The minimum atomic E-state index is 0. The van der Waals surface area contributed by atoms with Gasteiger partial charge in [0.15, 0.2) is 11.8 Å². The fourth-order valence-electron chi connectivity index (χ4n) is 2.98. The van der Waals surface area contributed by atoms with Crippen molar-refractivity contribution in [3.63, 3.8) is 0 Å². The van der Waals surface area contributed by atoms with Crippen LogP contribution in [0.1, 0.15) is 37.7 Å². The molecule has 0 unspecified atom stereocenters. The van der Waals surface area contributed by atoms with Crippen molar-refractivity contribution in [1.29, 1.82) is 0 Å². The van der Waals surface area contributed by atoms with E-state index in [1.165, 1.54) is 25.7 Å². The van der Waals surface area contributed by atoms with Gasteiger partial charge in [-0.2, -0.15) is 5.10 Å². The fraction of sp³-hybridized carbons (Fsp3) is 0.421. The van der Waals surface area contributed by atoms with Gasteiger partial charge in [0.05, 0.1) is 0 Å². The number of hydrogen-bond acceptors (Lipinski definition) is 3. The predicted molar refractivity (Wildman–Crippen MR) is 116 cm³/mol. The first kappa shape index (κ1) is 20.4. The van der Waals surface area contributed by atoms with Gasteiger partial charge >= 0.3 is 0 Å². The zero-order chi connectivity index (χ0) is 17.3. The lowest BCUT2D eigenvalue weighted by Gasteiger charge is -2.15. The van der Waals surface area contributed by atoms with Crippen LogP contribution in [0.25, 0.3) is 5.82 Å². The Morgan fingerprint density at radius 1 is 1.27 bits per heavy atom. The molecule has 0 atom stereocenters. The first-order valence-electron chi connectivity index (χ1n) is 8.92. The summed E-state index contributed by atoms with van der Waals surface area (Å²) >= 11 is 0. The van der Waals surface area contributed by atoms with E-state index in [0.29, 0.717) is 6.54 Å². The molecule has 0 saturated heterocycles. The van der Waals surface area contributed by atoms with Crippen LogP contribution >= 0.6 is 24.0 Å². The summed E-state index contributed by atoms with van der Waals surface area (Å²) in [5.74, 6) is 1.64. The molecule has 0 bridgehead atoms. The van der Waals surface area contributed by atoms with Crippen LogP contribution in [0.4, 0.5) is 0 Å². The smallest absolute Gasteiger partial charge is 0.191 e. The second-order valence-electron chi connectivity index (χ2n) is 6.18. The molecule has 2 aromatic heterocycles. The van der Waals surface area contributed by atoms with E-state index in [0.717, 1.165) is 30.3 Å². The third-order valence-electron chi connectivity index (χ3n) is 4.36. The van der Waals surface area contributed by atoms with Crippen molar-refractivity contribution in [2.24, 2.45) is 4.99 Å². The van der Waals surface area contributed by atoms with Crippen molar-refractivity contribution < 1.29 is 0 Å². The monoisotopic (exact) mass is 466 g/mol. The van der Waals surface area contributed by atoms with Crippen LogP contribution in [0.15, 0.2) is 53.4 Å². The van der Waals surface area contributed by atoms with Crippen molar-refractivity contribution in [2.75, 3.05) is 13.6 Å². The van der Waals surface area contributed by atoms with Gasteiger partial charge in [-0.25, -0.2) is 9.67 Å². The topological polar surface area (TPSA) is 67.1 Å². The molecule has 0 saturated carbocycles. The number of guanidine groups is 1. The maximum atomic E-state index is 4.35. The molecule has 1 aliphatic carbocycles. The number of allylic oxidation sites excluding steroid dienone is 1. The fourth-order valence-corrected chi connectivity index (χ4v) is 2.98. The van der Waals surface area contributed by atoms with Crippen LogP contribution in [-0.2, 0) is 6.54 Å². The highest BCUT2D eigenvalue weighted by Crippen LogP contribution is 2.19. The average molecular weight is 466 g/mol. The van der Waals surface area contributed by atoms with Crippen LogP contribution < -0.4 is 10.6 Å². The van der Waals surface area contributed by atoms with E-state index in [2.05, 4.69) is 31.8 Å². The number of hydrogen-bond donors (Lipinski definition) is 2. The third kappa shape index (κ3) is 6.12. The van der Waals surface area contributed by atoms with Crippen LogP contribution in [0.5, 0.6) is 0 Å². The minimum absolute atomic E-state index is 0. The van der Waals surface area contributed by atoms with Gasteiger partial charge in [-0.05, 0) is 55.9 Å². The van der Waals surface area contributed by atoms with Gasteiger partial charge in [0, 0.05) is 38.7 Å². The largest absolute Gasteiger partial charge is 0.356 e. The summed E-state index contributed by atoms with van der Waals surface area (Å²) in [6.45, 7) is 1.61. The molecule has 6 nitrogen and oxygen atoms in total. The number of nitrogens with zero attached hydrogens (tertiary/aromatic N) is 4. The molecule has 26 heavy (non-hydrogen) atoms. The van der Waals surface area contributed by atoms with E-state index in [1.54, 1.807) is 29.7 Å². The van der Waals surface area contributed by atoms with Crippen LogP contribution in [0.2, 0.25) is 0 Å². The molecule has 2 aromatic rings. The van der Waals surface area contributed by atoms with Crippen molar-refractivity contribution in [1.82, 2.24) is 25.4 Å². The molecule has 0 aromatic carbocycles. The highest BCUT2D eigenvalue weighted by molar-refractivity contribution is 14.0. The van der Waals surface area contributed by atoms with Crippen molar-refractivity contribution >= 4 is 29.9 Å². The van der Waals surface area contributed by atoms with E-state index in [1.807, 2.05) is 24.4 Å². The van der Waals surface area contributed by atoms with Crippen LogP contribution in [0.3, 0.4) is 0 Å². The number of aliphatic imine (C=N–C) groups is 1. The van der Waals surface area contributed by atoms with Gasteiger partial charge in [-0.1, -0.05) is 11.6 Å². The van der Waals surface area contributed by atoms with E-state index in [9.17, 15) is 0 Å². The van der Waals surface area contributed by atoms with Crippen molar-refractivity contribution in [3.05, 3.63) is 54.0 Å². The lowest BCUT2D eigenvalue weighted by molar-refractivity contribution is 0.665. The Hall–Kier alpha value is -1.90. The van der Waals surface area contributed by atoms with Gasteiger partial charge in [-0.15, -0.1) is 24.0 Å². The number of pyridine rings is 1. The molecule has 0 aliphatic heterocycles. The van der Waals surface area contributed by atoms with E-state index >= 15 is 0 Å². The summed E-state index contributed by atoms with van der Waals surface area (Å²) in [6.07, 6.45) is 14.1. The second kappa shape index (κ2) is 10.9. The molecule has 140 valence electrons. The molecule has 0 amide bonds. The lowest BCUT2D eigenvalue weighted by atomic mass is 9.97. The molecule has 7 heteroatoms. The van der Waals surface area contributed by atoms with E-state index in [4.69, 9.17) is 0 Å². The van der Waals surface area contributed by atoms with Gasteiger partial charge in [-0.3, -0.25) is 4.99 Å². The number of halogens is 1. The molecule has 2 N–H and O–H groups in total. The molecule has 0 fully saturated rings. The molecular weight excluding hydrogens is 439 g/mol. The summed E-state index contributed by atoms with van der Waals surface area (Å²) in [5, 5.41) is 11.0. The maximum absolute atomic E-state index is 4.35. The Kier molecular flexibility index (Phi) is 8.60. The quantitative estimate of drug-likeness (QED) is 0.296. The van der Waals surface area contributed by atoms with Gasteiger partial charge in [0.2, 0.25) is 0 Å². The SMILES string of the molecule is CN=C(NCCC1=CCCCC1)NCc1ccnc(-n2cccn2)c1.I. The highest BCUT2D eigenvalue weighted by Gasteiger charge is 2.05. The Morgan fingerprint density at radius 3 is 2.92 bits per heavy atom. The van der Waals surface area contributed by atoms with Gasteiger partial charge in [0.25, 0.3) is 0 Å². The normalized spacial score (nSPS) is 14.3. The van der Waals surface area contributed by atoms with Crippen LogP contribution in [-0.4, -0.2) is 34.3 Å². The molecule has 1 aliphatic rings. The Morgan fingerprint density at radius 2 is 2.19 bits per heavy atom. The minimum Gasteiger partial charge on any atom is -0.356 e. The number of aromatic nitrogens is 3. The Bertz CT molecular complexity index is 723. The summed E-state index contributed by atoms with van der Waals surface area (Å²) in [7, 11) is 1.80. The zero-order valence-corrected chi connectivity index (χ0v) is 17.5. The van der Waals surface area contributed by atoms with Crippen molar-refractivity contribution in [3.8, 4) is 5.82 Å². The molecule has 3 rings (SSSR count). The van der Waals surface area contributed by atoms with Crippen molar-refractivity contribution in [2.45, 2.75) is 38.6 Å². The molecule has 0 spiro atoms. The first-order chi connectivity index (χ1) is 12.3. The number of rotatable bonds is 6. The first-order valence-corrected chi connectivity index (χ1v) is 8.92. The molecule has 0 radical (unpaired) electrons. The Labute approximate surface area is 172 Å². The summed E-state index contributed by atoms with van der Waals surface area (Å²) < 4.78 is 1.76. The Balaban J connectivity index is 0.00000243. The zero-order valence-electron chi connectivity index (χ0n) is 15.2. The number of nitrogens with one attached hydrogen (secondary N) is 2. The average Bonchev–Trinajstić information content (AvgIpc) is 3.20. The summed E-state index contributed by atoms with van der Waals surface area (Å²) in [6, 6.07) is 5.92. The van der Waals surface area contributed by atoms with Gasteiger partial charge < -0.3 is 10.6 Å². The van der Waals surface area contributed by atoms with E-state index < -0.39 is 0 Å². The highest BCUT2D eigenvalue weighted by atomic mass is 127. The molecular formula is C19H27IN6. The van der Waals surface area contributed by atoms with Gasteiger partial charge in [0.1, 0.15) is 0 Å². The summed E-state index contributed by atoms with van der Waals surface area (Å²) in [4.78, 5) is 8.65. The maximum Gasteiger partial charge on any atom is 0.191 e. The van der Waals surface area contributed by atoms with Crippen LogP contribution in [0, 0.1) is 0 Å². The summed E-state index contributed by atoms with van der Waals surface area (Å²) in [5.41, 5.74) is 2.71.